The molecule has 0 aromatic heterocycles. The minimum atomic E-state index is -4.39. The van der Waals surface area contributed by atoms with E-state index in [1.165, 1.54) is 12.1 Å². The maximum Gasteiger partial charge on any atom is 0.524 e. The van der Waals surface area contributed by atoms with E-state index in [1.807, 2.05) is 0 Å². The van der Waals surface area contributed by atoms with Crippen molar-refractivity contribution < 1.29 is 18.9 Å². The molecule has 2 N–H and O–H groups in total. The van der Waals surface area contributed by atoms with Crippen molar-refractivity contribution in [1.29, 1.82) is 0 Å². The predicted molar refractivity (Wildman–Crippen MR) is 57.6 cm³/mol. The lowest BCUT2D eigenvalue weighted by Crippen LogP contribution is -1.88. The minimum absolute atomic E-state index is 0. The summed E-state index contributed by atoms with van der Waals surface area (Å²) in [6, 6.07) is 7.93. The molecule has 0 aliphatic rings. The number of para-hydroxylation sites is 1. The molecule has 1 aromatic rings. The van der Waals surface area contributed by atoms with Crippen molar-refractivity contribution in [1.82, 2.24) is 0 Å². The van der Waals surface area contributed by atoms with Gasteiger partial charge in [0.1, 0.15) is 5.75 Å². The van der Waals surface area contributed by atoms with Gasteiger partial charge in [-0.15, -0.1) is 0 Å². The van der Waals surface area contributed by atoms with Crippen LogP contribution >= 0.6 is 7.82 Å². The van der Waals surface area contributed by atoms with E-state index in [0.29, 0.717) is 0 Å². The molecule has 1 aromatic carbocycles. The average Bonchev–Trinajstić information content (AvgIpc) is 1.85. The molecule has 0 amide bonds. The van der Waals surface area contributed by atoms with Crippen molar-refractivity contribution in [3.8, 4) is 5.75 Å². The van der Waals surface area contributed by atoms with E-state index in [9.17, 15) is 4.57 Å². The molecule has 0 radical (unpaired) electrons. The van der Waals surface area contributed by atoms with Crippen LogP contribution in [0, 0.1) is 0 Å². The lowest BCUT2D eigenvalue weighted by Gasteiger charge is -2.04. The van der Waals surface area contributed by atoms with Gasteiger partial charge in [-0.3, -0.25) is 9.79 Å². The molecule has 70 valence electrons. The third-order valence-electron chi connectivity index (χ3n) is 0.968. The number of phosphoric ester groups is 1. The first-order valence-corrected chi connectivity index (χ1v) is 4.41. The molecule has 0 aliphatic heterocycles. The SMILES string of the molecule is O=P(O)(O)Oc1ccccc1.[AlH3].[MgH2]. The highest BCUT2D eigenvalue weighted by Crippen LogP contribution is 2.36. The van der Waals surface area contributed by atoms with Crippen LogP contribution in [0.25, 0.3) is 0 Å². The second-order valence-electron chi connectivity index (χ2n) is 1.89. The van der Waals surface area contributed by atoms with Gasteiger partial charge in [-0.05, 0) is 12.1 Å². The fourth-order valence-electron chi connectivity index (χ4n) is 0.619. The molecule has 0 saturated heterocycles. The molecule has 0 spiro atoms. The average molecular weight is 230 g/mol. The Balaban J connectivity index is 0. The van der Waals surface area contributed by atoms with Gasteiger partial charge in [-0.2, -0.15) is 0 Å². The van der Waals surface area contributed by atoms with E-state index in [1.54, 1.807) is 18.2 Å². The third-order valence-corrected chi connectivity index (χ3v) is 1.42. The second kappa shape index (κ2) is 6.85. The van der Waals surface area contributed by atoms with Crippen LogP contribution in [0.2, 0.25) is 0 Å². The lowest BCUT2D eigenvalue weighted by molar-refractivity contribution is 0.283. The number of phosphoric acid groups is 1. The predicted octanol–water partition coefficient (Wildman–Crippen LogP) is -0.942. The van der Waals surface area contributed by atoms with Gasteiger partial charge in [0.2, 0.25) is 0 Å². The maximum atomic E-state index is 10.3. The molecule has 0 unspecified atom stereocenters. The van der Waals surface area contributed by atoms with Crippen molar-refractivity contribution in [3.63, 3.8) is 0 Å². The Morgan fingerprint density at radius 3 is 2.00 bits per heavy atom. The van der Waals surface area contributed by atoms with E-state index in [0.717, 1.165) is 0 Å². The van der Waals surface area contributed by atoms with Crippen LogP contribution in [0.5, 0.6) is 5.75 Å². The molecule has 1 rings (SSSR count). The minimum Gasteiger partial charge on any atom is -0.404 e. The zero-order valence-corrected chi connectivity index (χ0v) is 6.44. The molecule has 7 heteroatoms. The maximum absolute atomic E-state index is 10.3. The van der Waals surface area contributed by atoms with Gasteiger partial charge < -0.3 is 4.52 Å². The van der Waals surface area contributed by atoms with Gasteiger partial charge >= 0.3 is 30.9 Å². The van der Waals surface area contributed by atoms with E-state index in [2.05, 4.69) is 4.52 Å². The summed E-state index contributed by atoms with van der Waals surface area (Å²) in [6.07, 6.45) is 0. The summed E-state index contributed by atoms with van der Waals surface area (Å²) in [4.78, 5) is 16.7. The first-order chi connectivity index (χ1) is 5.08. The van der Waals surface area contributed by atoms with Gasteiger partial charge in [0.25, 0.3) is 0 Å². The Hall–Kier alpha value is 0.469. The van der Waals surface area contributed by atoms with Gasteiger partial charge in [0.05, 0.1) is 0 Å². The summed E-state index contributed by atoms with van der Waals surface area (Å²) in [7, 11) is -4.39. The van der Waals surface area contributed by atoms with E-state index in [4.69, 9.17) is 9.79 Å². The fraction of sp³-hybridized carbons (Fsp3) is 0. The molecule has 0 saturated carbocycles. The molecule has 0 heterocycles. The molecule has 0 atom stereocenters. The second-order valence-corrected chi connectivity index (χ2v) is 3.06. The molecule has 0 aliphatic carbocycles. The molecule has 13 heavy (non-hydrogen) atoms. The monoisotopic (exact) mass is 230 g/mol. The third kappa shape index (κ3) is 7.53. The molecule has 0 bridgehead atoms. The molecular weight excluding hydrogens is 218 g/mol. The van der Waals surface area contributed by atoms with Crippen molar-refractivity contribution >= 4 is 48.2 Å². The van der Waals surface area contributed by atoms with Crippen LogP contribution in [0.3, 0.4) is 0 Å². The number of hydrogen-bond donors (Lipinski definition) is 2. The Kier molecular flexibility index (Phi) is 8.39. The van der Waals surface area contributed by atoms with Crippen LogP contribution in [-0.4, -0.2) is 50.2 Å². The Labute approximate surface area is 103 Å². The topological polar surface area (TPSA) is 66.8 Å². The van der Waals surface area contributed by atoms with Crippen LogP contribution in [0.1, 0.15) is 0 Å². The summed E-state index contributed by atoms with van der Waals surface area (Å²) >= 11 is 0. The quantitative estimate of drug-likeness (QED) is 0.508. The molecular formula is C6H12AlMgO4P. The zero-order chi connectivity index (χ0) is 8.32. The van der Waals surface area contributed by atoms with Crippen molar-refractivity contribution in [2.45, 2.75) is 0 Å². The van der Waals surface area contributed by atoms with Crippen LogP contribution in [0.15, 0.2) is 30.3 Å². The smallest absolute Gasteiger partial charge is 0.404 e. The highest BCUT2D eigenvalue weighted by Gasteiger charge is 2.14. The molecule has 4 nitrogen and oxygen atoms in total. The van der Waals surface area contributed by atoms with Crippen LogP contribution in [0.4, 0.5) is 0 Å². The number of hydrogen-bond acceptors (Lipinski definition) is 2. The summed E-state index contributed by atoms with van der Waals surface area (Å²) in [6.45, 7) is 0. The zero-order valence-electron chi connectivity index (χ0n) is 5.54. The van der Waals surface area contributed by atoms with Gasteiger partial charge in [-0.25, -0.2) is 4.57 Å². The Morgan fingerprint density at radius 1 is 1.15 bits per heavy atom. The fourth-order valence-corrected chi connectivity index (χ4v) is 1.02. The molecule has 0 fully saturated rings. The largest absolute Gasteiger partial charge is 0.524 e. The lowest BCUT2D eigenvalue weighted by atomic mass is 10.3. The standard InChI is InChI=1S/C6H7O4P.Al.Mg.5H/c7-11(8,9)10-6-4-2-1-3-5-6;;;;;;;/h1-5H,(H2,7,8,9);;;;;;;. The first kappa shape index (κ1) is 15.9. The normalized spacial score (nSPS) is 9.38. The van der Waals surface area contributed by atoms with E-state index >= 15 is 0 Å². The Bertz CT molecular complexity index is 275. The van der Waals surface area contributed by atoms with Crippen molar-refractivity contribution in [2.24, 2.45) is 0 Å². The van der Waals surface area contributed by atoms with E-state index in [-0.39, 0.29) is 46.2 Å². The van der Waals surface area contributed by atoms with Gasteiger partial charge in [-0.1, -0.05) is 18.2 Å². The van der Waals surface area contributed by atoms with Crippen molar-refractivity contribution in [3.05, 3.63) is 30.3 Å². The van der Waals surface area contributed by atoms with E-state index < -0.39 is 7.82 Å². The van der Waals surface area contributed by atoms with Crippen LogP contribution < -0.4 is 4.52 Å². The highest BCUT2D eigenvalue weighted by molar-refractivity contribution is 7.46. The van der Waals surface area contributed by atoms with Gasteiger partial charge in [0, 0.05) is 0 Å². The summed E-state index contributed by atoms with van der Waals surface area (Å²) in [5, 5.41) is 0. The first-order valence-electron chi connectivity index (χ1n) is 2.88. The van der Waals surface area contributed by atoms with Crippen LogP contribution in [-0.2, 0) is 4.57 Å². The van der Waals surface area contributed by atoms with Gasteiger partial charge in [0.15, 0.2) is 17.4 Å². The number of rotatable bonds is 2. The summed E-state index contributed by atoms with van der Waals surface area (Å²) in [5.74, 6) is 0.167. The highest BCUT2D eigenvalue weighted by atomic mass is 31.2. The number of benzene rings is 1. The summed E-state index contributed by atoms with van der Waals surface area (Å²) in [5.41, 5.74) is 0. The van der Waals surface area contributed by atoms with Crippen molar-refractivity contribution in [2.75, 3.05) is 0 Å². The Morgan fingerprint density at radius 2 is 1.62 bits per heavy atom. The summed E-state index contributed by atoms with van der Waals surface area (Å²) < 4.78 is 14.5.